The zero-order valence-corrected chi connectivity index (χ0v) is 9.15. The molecular weight excluding hydrogens is 205 g/mol. The minimum absolute atomic E-state index is 0.220. The lowest BCUT2D eigenvalue weighted by Crippen LogP contribution is -2.04. The van der Waals surface area contributed by atoms with E-state index in [1.807, 2.05) is 23.9 Å². The molecule has 0 saturated heterocycles. The molecule has 0 spiro atoms. The summed E-state index contributed by atoms with van der Waals surface area (Å²) in [4.78, 5) is 0. The number of benzene rings is 1. The Labute approximate surface area is 93.7 Å². The first-order valence-corrected chi connectivity index (χ1v) is 5.16. The van der Waals surface area contributed by atoms with Gasteiger partial charge in [-0.25, -0.2) is 4.39 Å². The first-order valence-electron chi connectivity index (χ1n) is 5.16. The minimum atomic E-state index is -0.247. The Balaban J connectivity index is 2.21. The van der Waals surface area contributed by atoms with Crippen LogP contribution in [0.2, 0.25) is 0 Å². The van der Waals surface area contributed by atoms with Gasteiger partial charge in [-0.15, -0.1) is 0 Å². The third kappa shape index (κ3) is 2.28. The van der Waals surface area contributed by atoms with Gasteiger partial charge in [-0.1, -0.05) is 6.07 Å². The third-order valence-corrected chi connectivity index (χ3v) is 2.45. The summed E-state index contributed by atoms with van der Waals surface area (Å²) in [5, 5.41) is 4.28. The van der Waals surface area contributed by atoms with Crippen molar-refractivity contribution in [2.75, 3.05) is 0 Å². The van der Waals surface area contributed by atoms with Crippen LogP contribution in [0.3, 0.4) is 0 Å². The van der Waals surface area contributed by atoms with Gasteiger partial charge in [-0.2, -0.15) is 5.10 Å². The molecule has 0 aliphatic carbocycles. The number of nitrogens with two attached hydrogens (primary N) is 1. The molecule has 1 heterocycles. The van der Waals surface area contributed by atoms with Crippen molar-refractivity contribution in [2.24, 2.45) is 5.73 Å². The number of aryl methyl sites for hydroxylation is 1. The summed E-state index contributed by atoms with van der Waals surface area (Å²) in [5.41, 5.74) is 7.98. The van der Waals surface area contributed by atoms with E-state index in [9.17, 15) is 4.39 Å². The SMILES string of the molecule is Cc1ccn(Cc2ccc(F)c(CN)c2)n1. The van der Waals surface area contributed by atoms with Crippen molar-refractivity contribution in [3.8, 4) is 0 Å². The number of aromatic nitrogens is 2. The van der Waals surface area contributed by atoms with Crippen LogP contribution in [-0.2, 0) is 13.1 Å². The number of halogens is 1. The van der Waals surface area contributed by atoms with E-state index in [0.717, 1.165) is 11.3 Å². The van der Waals surface area contributed by atoms with E-state index in [-0.39, 0.29) is 12.4 Å². The smallest absolute Gasteiger partial charge is 0.127 e. The molecule has 16 heavy (non-hydrogen) atoms. The predicted octanol–water partition coefficient (Wildman–Crippen LogP) is 1.84. The van der Waals surface area contributed by atoms with E-state index >= 15 is 0 Å². The minimum Gasteiger partial charge on any atom is -0.326 e. The van der Waals surface area contributed by atoms with E-state index in [0.29, 0.717) is 12.1 Å². The molecule has 0 fully saturated rings. The second kappa shape index (κ2) is 4.45. The van der Waals surface area contributed by atoms with Crippen molar-refractivity contribution < 1.29 is 4.39 Å². The van der Waals surface area contributed by atoms with Crippen LogP contribution in [0.25, 0.3) is 0 Å². The van der Waals surface area contributed by atoms with Crippen LogP contribution in [0.4, 0.5) is 4.39 Å². The molecule has 0 amide bonds. The molecule has 3 nitrogen and oxygen atoms in total. The van der Waals surface area contributed by atoms with Gasteiger partial charge in [0.15, 0.2) is 0 Å². The molecule has 0 saturated carbocycles. The van der Waals surface area contributed by atoms with Crippen molar-refractivity contribution >= 4 is 0 Å². The number of nitrogens with zero attached hydrogens (tertiary/aromatic N) is 2. The number of hydrogen-bond acceptors (Lipinski definition) is 2. The standard InChI is InChI=1S/C12H14FN3/c1-9-4-5-16(15-9)8-10-2-3-12(13)11(6-10)7-14/h2-6H,7-8,14H2,1H3. The molecule has 4 heteroatoms. The van der Waals surface area contributed by atoms with Gasteiger partial charge in [-0.05, 0) is 30.7 Å². The lowest BCUT2D eigenvalue weighted by Gasteiger charge is -2.05. The normalized spacial score (nSPS) is 10.7. The predicted molar refractivity (Wildman–Crippen MR) is 60.4 cm³/mol. The molecule has 0 aliphatic heterocycles. The maximum absolute atomic E-state index is 13.2. The second-order valence-electron chi connectivity index (χ2n) is 3.78. The molecule has 84 valence electrons. The Morgan fingerprint density at radius 3 is 2.81 bits per heavy atom. The van der Waals surface area contributed by atoms with Gasteiger partial charge in [0.2, 0.25) is 0 Å². The first kappa shape index (κ1) is 10.8. The molecule has 0 atom stereocenters. The van der Waals surface area contributed by atoms with E-state index in [2.05, 4.69) is 5.10 Å². The highest BCUT2D eigenvalue weighted by Crippen LogP contribution is 2.11. The first-order chi connectivity index (χ1) is 7.69. The average Bonchev–Trinajstić information content (AvgIpc) is 2.67. The van der Waals surface area contributed by atoms with E-state index in [1.165, 1.54) is 6.07 Å². The Morgan fingerprint density at radius 1 is 1.38 bits per heavy atom. The molecule has 2 N–H and O–H groups in total. The summed E-state index contributed by atoms with van der Waals surface area (Å²) in [6.07, 6.45) is 1.90. The van der Waals surface area contributed by atoms with Gasteiger partial charge < -0.3 is 5.73 Å². The van der Waals surface area contributed by atoms with Gasteiger partial charge in [0.1, 0.15) is 5.82 Å². The fraction of sp³-hybridized carbons (Fsp3) is 0.250. The van der Waals surface area contributed by atoms with Gasteiger partial charge in [0, 0.05) is 18.3 Å². The molecule has 0 aliphatic rings. The third-order valence-electron chi connectivity index (χ3n) is 2.45. The summed E-state index contributed by atoms with van der Waals surface area (Å²) in [5.74, 6) is -0.247. The fourth-order valence-corrected chi connectivity index (χ4v) is 1.62. The second-order valence-corrected chi connectivity index (χ2v) is 3.78. The van der Waals surface area contributed by atoms with Crippen LogP contribution in [0.1, 0.15) is 16.8 Å². The molecule has 1 aromatic heterocycles. The van der Waals surface area contributed by atoms with Crippen molar-refractivity contribution in [3.05, 3.63) is 53.1 Å². The molecular formula is C12H14FN3. The number of rotatable bonds is 3. The Morgan fingerprint density at radius 2 is 2.19 bits per heavy atom. The molecule has 0 unspecified atom stereocenters. The molecule has 0 radical (unpaired) electrons. The maximum Gasteiger partial charge on any atom is 0.127 e. The van der Waals surface area contributed by atoms with Crippen LogP contribution in [0.15, 0.2) is 30.5 Å². The maximum atomic E-state index is 13.2. The van der Waals surface area contributed by atoms with Crippen LogP contribution < -0.4 is 5.73 Å². The zero-order valence-electron chi connectivity index (χ0n) is 9.15. The van der Waals surface area contributed by atoms with Crippen molar-refractivity contribution in [2.45, 2.75) is 20.0 Å². The monoisotopic (exact) mass is 219 g/mol. The Kier molecular flexibility index (Phi) is 3.01. The van der Waals surface area contributed by atoms with E-state index in [4.69, 9.17) is 5.73 Å². The molecule has 2 aromatic rings. The van der Waals surface area contributed by atoms with E-state index < -0.39 is 0 Å². The summed E-state index contributed by atoms with van der Waals surface area (Å²) in [7, 11) is 0. The van der Waals surface area contributed by atoms with Crippen molar-refractivity contribution in [1.82, 2.24) is 9.78 Å². The van der Waals surface area contributed by atoms with Crippen molar-refractivity contribution in [3.63, 3.8) is 0 Å². The zero-order chi connectivity index (χ0) is 11.5. The largest absolute Gasteiger partial charge is 0.326 e. The van der Waals surface area contributed by atoms with Gasteiger partial charge >= 0.3 is 0 Å². The van der Waals surface area contributed by atoms with Crippen LogP contribution in [0.5, 0.6) is 0 Å². The Hall–Kier alpha value is -1.68. The highest BCUT2D eigenvalue weighted by molar-refractivity contribution is 5.25. The average molecular weight is 219 g/mol. The summed E-state index contributed by atoms with van der Waals surface area (Å²) in [6.45, 7) is 2.80. The highest BCUT2D eigenvalue weighted by atomic mass is 19.1. The molecule has 1 aromatic carbocycles. The molecule has 2 rings (SSSR count). The summed E-state index contributed by atoms with van der Waals surface area (Å²) >= 11 is 0. The summed E-state index contributed by atoms with van der Waals surface area (Å²) < 4.78 is 15.0. The van der Waals surface area contributed by atoms with Gasteiger partial charge in [0.05, 0.1) is 12.2 Å². The lowest BCUT2D eigenvalue weighted by molar-refractivity contribution is 0.607. The van der Waals surface area contributed by atoms with Crippen molar-refractivity contribution in [1.29, 1.82) is 0 Å². The number of hydrogen-bond donors (Lipinski definition) is 1. The van der Waals surface area contributed by atoms with Crippen LogP contribution in [0, 0.1) is 12.7 Å². The quantitative estimate of drug-likeness (QED) is 0.856. The topological polar surface area (TPSA) is 43.8 Å². The molecule has 0 bridgehead atoms. The fourth-order valence-electron chi connectivity index (χ4n) is 1.62. The highest BCUT2D eigenvalue weighted by Gasteiger charge is 2.03. The summed E-state index contributed by atoms with van der Waals surface area (Å²) in [6, 6.07) is 6.93. The van der Waals surface area contributed by atoms with E-state index in [1.54, 1.807) is 12.1 Å². The lowest BCUT2D eigenvalue weighted by atomic mass is 10.1. The van der Waals surface area contributed by atoms with Crippen LogP contribution in [-0.4, -0.2) is 9.78 Å². The van der Waals surface area contributed by atoms with Gasteiger partial charge in [-0.3, -0.25) is 4.68 Å². The van der Waals surface area contributed by atoms with Gasteiger partial charge in [0.25, 0.3) is 0 Å². The Bertz CT molecular complexity index is 491. The van der Waals surface area contributed by atoms with Crippen LogP contribution >= 0.6 is 0 Å².